The molecule has 3 rings (SSSR count). The van der Waals surface area contributed by atoms with Gasteiger partial charge < -0.3 is 9.64 Å². The third-order valence-electron chi connectivity index (χ3n) is 4.52. The number of pyridine rings is 1. The van der Waals surface area contributed by atoms with Gasteiger partial charge in [-0.05, 0) is 42.8 Å². The number of halogens is 6. The molecule has 1 aliphatic heterocycles. The summed E-state index contributed by atoms with van der Waals surface area (Å²) >= 11 is 9.45. The Hall–Kier alpha value is -1.81. The van der Waals surface area contributed by atoms with Crippen LogP contribution in [0.2, 0.25) is 5.15 Å². The van der Waals surface area contributed by atoms with Crippen LogP contribution in [0.4, 0.5) is 23.4 Å². The molecule has 0 radical (unpaired) electrons. The Bertz CT molecular complexity index is 786. The first-order chi connectivity index (χ1) is 14.3. The van der Waals surface area contributed by atoms with Crippen LogP contribution in [0.5, 0.6) is 5.75 Å². The summed E-state index contributed by atoms with van der Waals surface area (Å²) in [5, 5.41) is 0.0448. The lowest BCUT2D eigenvalue weighted by Gasteiger charge is -2.36. The molecule has 30 heavy (non-hydrogen) atoms. The van der Waals surface area contributed by atoms with Gasteiger partial charge in [-0.2, -0.15) is 13.2 Å². The molecule has 2 heterocycles. The summed E-state index contributed by atoms with van der Waals surface area (Å²) < 4.78 is 64.5. The van der Waals surface area contributed by atoms with Gasteiger partial charge in [0.05, 0.1) is 24.0 Å². The molecule has 1 saturated heterocycles. The fourth-order valence-corrected chi connectivity index (χ4v) is 3.22. The molecular formula is C19H21Cl2F4N3O2. The predicted molar refractivity (Wildman–Crippen MR) is 107 cm³/mol. The Morgan fingerprint density at radius 1 is 1.00 bits per heavy atom. The molecule has 1 fully saturated rings. The van der Waals surface area contributed by atoms with Crippen molar-refractivity contribution < 1.29 is 27.0 Å². The highest BCUT2D eigenvalue weighted by Crippen LogP contribution is 2.36. The van der Waals surface area contributed by atoms with Crippen LogP contribution in [0.1, 0.15) is 12.0 Å². The lowest BCUT2D eigenvalue weighted by Crippen LogP contribution is -2.47. The van der Waals surface area contributed by atoms with Gasteiger partial charge in [0.25, 0.3) is 0 Å². The molecule has 1 aliphatic rings. The summed E-state index contributed by atoms with van der Waals surface area (Å²) in [5.41, 5.74) is -0.766. The van der Waals surface area contributed by atoms with Crippen molar-refractivity contribution in [2.24, 2.45) is 0 Å². The lowest BCUT2D eigenvalue weighted by atomic mass is 10.2. The number of nitrogens with zero attached hydrogens (tertiary/aromatic N) is 3. The molecule has 0 amide bonds. The van der Waals surface area contributed by atoms with E-state index in [1.54, 1.807) is 17.0 Å². The summed E-state index contributed by atoms with van der Waals surface area (Å²) in [6, 6.07) is 7.96. The van der Waals surface area contributed by atoms with E-state index in [2.05, 4.69) is 21.7 Å². The zero-order valence-electron chi connectivity index (χ0n) is 15.9. The zero-order chi connectivity index (χ0) is 22.1. The second-order valence-corrected chi connectivity index (χ2v) is 6.87. The van der Waals surface area contributed by atoms with Crippen molar-refractivity contribution in [3.05, 3.63) is 52.9 Å². The topological polar surface area (TPSA) is 48.8 Å². The Kier molecular flexibility index (Phi) is 9.41. The average Bonchev–Trinajstić information content (AvgIpc) is 2.73. The summed E-state index contributed by atoms with van der Waals surface area (Å²) in [5.74, 6) is 0.185. The van der Waals surface area contributed by atoms with Crippen molar-refractivity contribution in [2.75, 3.05) is 44.2 Å². The first kappa shape index (κ1) is 24.5. The monoisotopic (exact) mass is 469 g/mol. The highest BCUT2D eigenvalue weighted by molar-refractivity contribution is 6.29. The number of hydrogen-bond acceptors (Lipinski definition) is 5. The van der Waals surface area contributed by atoms with E-state index in [0.717, 1.165) is 25.1 Å². The fraction of sp³-hybridized carbons (Fsp3) is 0.421. The SMILES string of the molecule is Fc1ccc(OCCCN2CCN(c3nc(Cl)ccc3C(F)(F)F)CC2)cc1.OCl. The Morgan fingerprint density at radius 2 is 1.63 bits per heavy atom. The number of alkyl halides is 3. The molecule has 0 bridgehead atoms. The van der Waals surface area contributed by atoms with Crippen molar-refractivity contribution >= 4 is 29.3 Å². The minimum absolute atomic E-state index is 0.0448. The number of ether oxygens (including phenoxy) is 1. The van der Waals surface area contributed by atoms with Crippen LogP contribution >= 0.6 is 23.5 Å². The van der Waals surface area contributed by atoms with Crippen LogP contribution in [0.25, 0.3) is 0 Å². The van der Waals surface area contributed by atoms with Crippen LogP contribution in [-0.4, -0.2) is 53.9 Å². The largest absolute Gasteiger partial charge is 0.494 e. The normalized spacial score (nSPS) is 14.8. The summed E-state index contributed by atoms with van der Waals surface area (Å²) in [6.45, 7) is 3.39. The fourth-order valence-electron chi connectivity index (χ4n) is 3.08. The van der Waals surface area contributed by atoms with E-state index in [0.29, 0.717) is 38.5 Å². The maximum absolute atomic E-state index is 13.2. The molecule has 5 nitrogen and oxygen atoms in total. The smallest absolute Gasteiger partial charge is 0.419 e. The minimum Gasteiger partial charge on any atom is -0.494 e. The summed E-state index contributed by atoms with van der Waals surface area (Å²) in [7, 11) is 0. The summed E-state index contributed by atoms with van der Waals surface area (Å²) in [4.78, 5) is 7.70. The number of benzene rings is 1. The molecular weight excluding hydrogens is 449 g/mol. The van der Waals surface area contributed by atoms with Crippen LogP contribution in [0, 0.1) is 5.82 Å². The van der Waals surface area contributed by atoms with E-state index in [1.807, 2.05) is 0 Å². The van der Waals surface area contributed by atoms with Gasteiger partial charge in [0, 0.05) is 32.7 Å². The second-order valence-electron chi connectivity index (χ2n) is 6.49. The van der Waals surface area contributed by atoms with Gasteiger partial charge in [-0.3, -0.25) is 9.56 Å². The van der Waals surface area contributed by atoms with Crippen molar-refractivity contribution in [2.45, 2.75) is 12.6 Å². The van der Waals surface area contributed by atoms with Crippen molar-refractivity contribution in [3.8, 4) is 5.75 Å². The number of rotatable bonds is 6. The van der Waals surface area contributed by atoms with Gasteiger partial charge >= 0.3 is 6.18 Å². The average molecular weight is 470 g/mol. The van der Waals surface area contributed by atoms with Gasteiger partial charge in [-0.25, -0.2) is 9.37 Å². The van der Waals surface area contributed by atoms with Crippen LogP contribution in [-0.2, 0) is 6.18 Å². The quantitative estimate of drug-likeness (QED) is 0.380. The van der Waals surface area contributed by atoms with Crippen LogP contribution in [0.3, 0.4) is 0 Å². The zero-order valence-corrected chi connectivity index (χ0v) is 17.4. The molecule has 0 unspecified atom stereocenters. The molecule has 0 spiro atoms. The Labute approximate surface area is 181 Å². The third kappa shape index (κ3) is 7.16. The second kappa shape index (κ2) is 11.5. The van der Waals surface area contributed by atoms with E-state index in [9.17, 15) is 17.6 Å². The maximum Gasteiger partial charge on any atom is 0.419 e. The predicted octanol–water partition coefficient (Wildman–Crippen LogP) is 4.62. The molecule has 1 N–H and O–H groups in total. The van der Waals surface area contributed by atoms with Crippen molar-refractivity contribution in [1.29, 1.82) is 0 Å². The van der Waals surface area contributed by atoms with E-state index < -0.39 is 11.7 Å². The van der Waals surface area contributed by atoms with Crippen molar-refractivity contribution in [1.82, 2.24) is 9.88 Å². The number of anilines is 1. The van der Waals surface area contributed by atoms with Crippen LogP contribution in [0.15, 0.2) is 36.4 Å². The molecule has 2 aromatic rings. The van der Waals surface area contributed by atoms with E-state index >= 15 is 0 Å². The Balaban J connectivity index is 0.00000155. The number of piperazine rings is 1. The van der Waals surface area contributed by atoms with Crippen molar-refractivity contribution in [3.63, 3.8) is 0 Å². The van der Waals surface area contributed by atoms with Crippen LogP contribution < -0.4 is 9.64 Å². The molecule has 11 heteroatoms. The molecule has 0 atom stereocenters. The standard InChI is InChI=1S/C19H20ClF4N3O.ClHO/c20-17-7-6-16(19(22,23)24)18(25-17)27-11-9-26(10-12-27)8-1-13-28-15-4-2-14(21)3-5-15;1-2/h2-7H,1,8-13H2;2H. The molecule has 0 saturated carbocycles. The van der Waals surface area contributed by atoms with E-state index in [-0.39, 0.29) is 16.8 Å². The highest BCUT2D eigenvalue weighted by atomic mass is 35.5. The van der Waals surface area contributed by atoms with Gasteiger partial charge in [-0.1, -0.05) is 11.6 Å². The number of aromatic nitrogens is 1. The maximum atomic E-state index is 13.2. The molecule has 166 valence electrons. The lowest BCUT2D eigenvalue weighted by molar-refractivity contribution is -0.137. The first-order valence-electron chi connectivity index (χ1n) is 9.09. The van der Waals surface area contributed by atoms with Gasteiger partial charge in [0.1, 0.15) is 22.5 Å². The highest BCUT2D eigenvalue weighted by Gasteiger charge is 2.36. The minimum atomic E-state index is -4.47. The van der Waals surface area contributed by atoms with E-state index in [1.165, 1.54) is 12.1 Å². The third-order valence-corrected chi connectivity index (χ3v) is 4.73. The Morgan fingerprint density at radius 3 is 2.23 bits per heavy atom. The first-order valence-corrected chi connectivity index (χ1v) is 9.81. The van der Waals surface area contributed by atoms with Gasteiger partial charge in [0.15, 0.2) is 0 Å². The van der Waals surface area contributed by atoms with E-state index in [4.69, 9.17) is 21.0 Å². The summed E-state index contributed by atoms with van der Waals surface area (Å²) in [6.07, 6.45) is -3.71. The molecule has 0 aliphatic carbocycles. The molecule has 1 aromatic heterocycles. The molecule has 1 aromatic carbocycles. The van der Waals surface area contributed by atoms with Gasteiger partial charge in [-0.15, -0.1) is 0 Å². The number of hydrogen-bond donors (Lipinski definition) is 1. The van der Waals surface area contributed by atoms with Gasteiger partial charge in [0.2, 0.25) is 0 Å².